The predicted octanol–water partition coefficient (Wildman–Crippen LogP) is 2.63. The molecule has 3 N–H and O–H groups in total. The number of nitrogens with one attached hydrogen (secondary N) is 1. The molecule has 0 bridgehead atoms. The lowest BCUT2D eigenvalue weighted by Crippen LogP contribution is -2.05. The molecule has 2 rings (SSSR count). The minimum atomic E-state index is 0.380. The lowest BCUT2D eigenvalue weighted by molar-refractivity contribution is 1.01. The summed E-state index contributed by atoms with van der Waals surface area (Å²) in [5.41, 5.74) is 8.38. The number of nitrogens with two attached hydrogens (primary N) is 1. The molecule has 5 heteroatoms. The van der Waals surface area contributed by atoms with E-state index in [4.69, 9.17) is 17.3 Å². The Morgan fingerprint density at radius 2 is 2.24 bits per heavy atom. The van der Waals surface area contributed by atoms with E-state index in [-0.39, 0.29) is 0 Å². The van der Waals surface area contributed by atoms with Crippen LogP contribution in [-0.4, -0.2) is 9.97 Å². The van der Waals surface area contributed by atoms with Gasteiger partial charge in [-0.1, -0.05) is 17.7 Å². The molecule has 17 heavy (non-hydrogen) atoms. The van der Waals surface area contributed by atoms with Gasteiger partial charge in [0.05, 0.1) is 12.2 Å². The van der Waals surface area contributed by atoms with E-state index in [0.717, 1.165) is 11.3 Å². The molecule has 0 radical (unpaired) electrons. The third kappa shape index (κ3) is 3.07. The van der Waals surface area contributed by atoms with Gasteiger partial charge in [-0.2, -0.15) is 0 Å². The maximum atomic E-state index is 5.82. The van der Waals surface area contributed by atoms with Crippen LogP contribution in [0.1, 0.15) is 11.3 Å². The molecule has 2 heterocycles. The summed E-state index contributed by atoms with van der Waals surface area (Å²) in [5, 5.41) is 3.53. The summed E-state index contributed by atoms with van der Waals surface area (Å²) in [5.74, 6) is 0.653. The third-order valence-corrected chi connectivity index (χ3v) is 2.56. The van der Waals surface area contributed by atoms with Gasteiger partial charge >= 0.3 is 0 Å². The Balaban J connectivity index is 2.10. The van der Waals surface area contributed by atoms with Crippen molar-refractivity contribution in [2.75, 3.05) is 11.1 Å². The number of pyridine rings is 2. The molecule has 0 aliphatic rings. The standard InChI is InChI=1S/C12H13ClN4/c1-8-3-2-4-15-10(8)7-16-12-6-9(14)5-11(13)17-12/h2-6H,7H2,1H3,(H3,14,16,17). The summed E-state index contributed by atoms with van der Waals surface area (Å²) in [4.78, 5) is 8.41. The predicted molar refractivity (Wildman–Crippen MR) is 70.0 cm³/mol. The minimum Gasteiger partial charge on any atom is -0.399 e. The Labute approximate surface area is 105 Å². The van der Waals surface area contributed by atoms with Gasteiger partial charge in [-0.25, -0.2) is 4.98 Å². The quantitative estimate of drug-likeness (QED) is 0.820. The van der Waals surface area contributed by atoms with E-state index in [0.29, 0.717) is 23.2 Å². The van der Waals surface area contributed by atoms with Crippen molar-refractivity contribution >= 4 is 23.1 Å². The van der Waals surface area contributed by atoms with E-state index in [1.807, 2.05) is 19.1 Å². The van der Waals surface area contributed by atoms with Crippen LogP contribution in [0.4, 0.5) is 11.5 Å². The Morgan fingerprint density at radius 1 is 1.41 bits per heavy atom. The van der Waals surface area contributed by atoms with Crippen LogP contribution in [-0.2, 0) is 6.54 Å². The molecule has 0 atom stereocenters. The van der Waals surface area contributed by atoms with Gasteiger partial charge in [0, 0.05) is 18.0 Å². The summed E-state index contributed by atoms with van der Waals surface area (Å²) >= 11 is 5.82. The second kappa shape index (κ2) is 5.01. The van der Waals surface area contributed by atoms with Crippen LogP contribution in [0.15, 0.2) is 30.5 Å². The number of aryl methyl sites for hydroxylation is 1. The van der Waals surface area contributed by atoms with Crippen LogP contribution in [0.3, 0.4) is 0 Å². The van der Waals surface area contributed by atoms with Gasteiger partial charge in [0.2, 0.25) is 0 Å². The molecule has 0 spiro atoms. The van der Waals surface area contributed by atoms with Gasteiger partial charge in [-0.15, -0.1) is 0 Å². The van der Waals surface area contributed by atoms with Crippen molar-refractivity contribution in [1.82, 2.24) is 9.97 Å². The number of nitrogens with zero attached hydrogens (tertiary/aromatic N) is 2. The molecule has 2 aromatic heterocycles. The molecule has 0 saturated carbocycles. The maximum Gasteiger partial charge on any atom is 0.133 e. The fourth-order valence-electron chi connectivity index (χ4n) is 1.48. The van der Waals surface area contributed by atoms with Gasteiger partial charge in [0.1, 0.15) is 11.0 Å². The summed E-state index contributed by atoms with van der Waals surface area (Å²) in [7, 11) is 0. The number of rotatable bonds is 3. The van der Waals surface area contributed by atoms with E-state index in [1.54, 1.807) is 18.3 Å². The number of hydrogen-bond donors (Lipinski definition) is 2. The van der Waals surface area contributed by atoms with Crippen molar-refractivity contribution < 1.29 is 0 Å². The van der Waals surface area contributed by atoms with Gasteiger partial charge in [-0.3, -0.25) is 4.98 Å². The molecule has 4 nitrogen and oxygen atoms in total. The molecule has 0 unspecified atom stereocenters. The average molecular weight is 249 g/mol. The van der Waals surface area contributed by atoms with Crippen molar-refractivity contribution in [1.29, 1.82) is 0 Å². The highest BCUT2D eigenvalue weighted by molar-refractivity contribution is 6.29. The van der Waals surface area contributed by atoms with Crippen molar-refractivity contribution in [3.05, 3.63) is 46.9 Å². The molecule has 0 aliphatic carbocycles. The van der Waals surface area contributed by atoms with E-state index in [2.05, 4.69) is 15.3 Å². The molecular formula is C12H13ClN4. The highest BCUT2D eigenvalue weighted by Gasteiger charge is 2.01. The lowest BCUT2D eigenvalue weighted by Gasteiger charge is -2.08. The summed E-state index contributed by atoms with van der Waals surface area (Å²) in [6.45, 7) is 2.61. The van der Waals surface area contributed by atoms with Crippen LogP contribution in [0.5, 0.6) is 0 Å². The Kier molecular flexibility index (Phi) is 3.44. The first-order chi connectivity index (χ1) is 8.15. The van der Waals surface area contributed by atoms with Gasteiger partial charge in [0.25, 0.3) is 0 Å². The lowest BCUT2D eigenvalue weighted by atomic mass is 10.2. The molecule has 88 valence electrons. The Bertz CT molecular complexity index is 507. The Hall–Kier alpha value is -1.81. The molecular weight excluding hydrogens is 236 g/mol. The van der Waals surface area contributed by atoms with Crippen molar-refractivity contribution in [2.45, 2.75) is 13.5 Å². The van der Waals surface area contributed by atoms with Gasteiger partial charge in [0.15, 0.2) is 0 Å². The zero-order chi connectivity index (χ0) is 12.3. The maximum absolute atomic E-state index is 5.82. The normalized spacial score (nSPS) is 10.2. The number of hydrogen-bond acceptors (Lipinski definition) is 4. The highest BCUT2D eigenvalue weighted by atomic mass is 35.5. The number of nitrogen functional groups attached to an aromatic ring is 1. The molecule has 2 aromatic rings. The Morgan fingerprint density at radius 3 is 2.94 bits per heavy atom. The van der Waals surface area contributed by atoms with E-state index in [1.165, 1.54) is 0 Å². The van der Waals surface area contributed by atoms with Gasteiger partial charge in [-0.05, 0) is 24.6 Å². The molecule has 0 saturated heterocycles. The molecule has 0 amide bonds. The van der Waals surface area contributed by atoms with E-state index in [9.17, 15) is 0 Å². The minimum absolute atomic E-state index is 0.380. The van der Waals surface area contributed by atoms with Crippen LogP contribution in [0, 0.1) is 6.92 Å². The topological polar surface area (TPSA) is 63.8 Å². The summed E-state index contributed by atoms with van der Waals surface area (Å²) in [6, 6.07) is 7.28. The smallest absolute Gasteiger partial charge is 0.133 e. The van der Waals surface area contributed by atoms with Crippen LogP contribution in [0.2, 0.25) is 5.15 Å². The van der Waals surface area contributed by atoms with Crippen LogP contribution in [0.25, 0.3) is 0 Å². The van der Waals surface area contributed by atoms with Crippen molar-refractivity contribution in [2.24, 2.45) is 0 Å². The van der Waals surface area contributed by atoms with Crippen molar-refractivity contribution in [3.63, 3.8) is 0 Å². The van der Waals surface area contributed by atoms with Crippen LogP contribution >= 0.6 is 11.6 Å². The number of anilines is 2. The number of halogens is 1. The van der Waals surface area contributed by atoms with E-state index >= 15 is 0 Å². The average Bonchev–Trinajstić information content (AvgIpc) is 2.27. The zero-order valence-electron chi connectivity index (χ0n) is 9.44. The fourth-order valence-corrected chi connectivity index (χ4v) is 1.70. The first kappa shape index (κ1) is 11.7. The third-order valence-electron chi connectivity index (χ3n) is 2.37. The van der Waals surface area contributed by atoms with Gasteiger partial charge < -0.3 is 11.1 Å². The summed E-state index contributed by atoms with van der Waals surface area (Å²) < 4.78 is 0. The van der Waals surface area contributed by atoms with Crippen molar-refractivity contribution in [3.8, 4) is 0 Å². The van der Waals surface area contributed by atoms with Crippen LogP contribution < -0.4 is 11.1 Å². The zero-order valence-corrected chi connectivity index (χ0v) is 10.2. The second-order valence-electron chi connectivity index (χ2n) is 3.73. The molecule has 0 fully saturated rings. The largest absolute Gasteiger partial charge is 0.399 e. The number of aromatic nitrogens is 2. The molecule has 0 aromatic carbocycles. The highest BCUT2D eigenvalue weighted by Crippen LogP contribution is 2.16. The second-order valence-corrected chi connectivity index (χ2v) is 4.12. The van der Waals surface area contributed by atoms with E-state index < -0.39 is 0 Å². The molecule has 0 aliphatic heterocycles. The SMILES string of the molecule is Cc1cccnc1CNc1cc(N)cc(Cl)n1. The first-order valence-corrected chi connectivity index (χ1v) is 5.60. The first-order valence-electron chi connectivity index (χ1n) is 5.22. The summed E-state index contributed by atoms with van der Waals surface area (Å²) in [6.07, 6.45) is 1.77. The monoisotopic (exact) mass is 248 g/mol. The fraction of sp³-hybridized carbons (Fsp3) is 0.167.